The first-order valence-corrected chi connectivity index (χ1v) is 8.24. The largest absolute Gasteiger partial charge is 0.484 e. The SMILES string of the molecule is Cc1ccccc1OCC(=O)NCc1cnn(-c2ccc(Cl)cc2)c1. The maximum Gasteiger partial charge on any atom is 0.258 e. The summed E-state index contributed by atoms with van der Waals surface area (Å²) >= 11 is 5.88. The molecule has 6 heteroatoms. The Morgan fingerprint density at radius 1 is 1.20 bits per heavy atom. The summed E-state index contributed by atoms with van der Waals surface area (Å²) in [6.45, 7) is 2.32. The molecule has 0 saturated heterocycles. The zero-order valence-electron chi connectivity index (χ0n) is 13.8. The van der Waals surface area contributed by atoms with E-state index in [0.29, 0.717) is 17.3 Å². The number of carbonyl (C=O) groups is 1. The lowest BCUT2D eigenvalue weighted by Crippen LogP contribution is -2.28. The number of para-hydroxylation sites is 1. The highest BCUT2D eigenvalue weighted by molar-refractivity contribution is 6.30. The van der Waals surface area contributed by atoms with Crippen LogP contribution in [0.2, 0.25) is 5.02 Å². The highest BCUT2D eigenvalue weighted by Crippen LogP contribution is 2.16. The monoisotopic (exact) mass is 355 g/mol. The summed E-state index contributed by atoms with van der Waals surface area (Å²) in [6.07, 6.45) is 3.59. The summed E-state index contributed by atoms with van der Waals surface area (Å²) in [6, 6.07) is 15.0. The van der Waals surface area contributed by atoms with Crippen molar-refractivity contribution in [2.75, 3.05) is 6.61 Å². The van der Waals surface area contributed by atoms with E-state index in [1.807, 2.05) is 61.7 Å². The highest BCUT2D eigenvalue weighted by atomic mass is 35.5. The molecule has 0 saturated carbocycles. The fourth-order valence-corrected chi connectivity index (χ4v) is 2.43. The topological polar surface area (TPSA) is 56.1 Å². The first-order chi connectivity index (χ1) is 12.1. The van der Waals surface area contributed by atoms with Gasteiger partial charge < -0.3 is 10.1 Å². The van der Waals surface area contributed by atoms with Gasteiger partial charge in [-0.15, -0.1) is 0 Å². The smallest absolute Gasteiger partial charge is 0.258 e. The Bertz CT molecular complexity index is 859. The molecule has 1 amide bonds. The summed E-state index contributed by atoms with van der Waals surface area (Å²) in [5.41, 5.74) is 2.81. The van der Waals surface area contributed by atoms with Crippen LogP contribution in [0.1, 0.15) is 11.1 Å². The lowest BCUT2D eigenvalue weighted by atomic mass is 10.2. The van der Waals surface area contributed by atoms with Gasteiger partial charge in [-0.1, -0.05) is 29.8 Å². The molecule has 1 N–H and O–H groups in total. The van der Waals surface area contributed by atoms with Crippen molar-refractivity contribution in [1.82, 2.24) is 15.1 Å². The predicted octanol–water partition coefficient (Wildman–Crippen LogP) is 3.53. The van der Waals surface area contributed by atoms with E-state index < -0.39 is 0 Å². The summed E-state index contributed by atoms with van der Waals surface area (Å²) in [7, 11) is 0. The summed E-state index contributed by atoms with van der Waals surface area (Å²) in [4.78, 5) is 11.9. The van der Waals surface area contributed by atoms with Crippen molar-refractivity contribution in [2.45, 2.75) is 13.5 Å². The zero-order valence-corrected chi connectivity index (χ0v) is 14.5. The number of halogens is 1. The van der Waals surface area contributed by atoms with Crippen molar-refractivity contribution < 1.29 is 9.53 Å². The van der Waals surface area contributed by atoms with Crippen LogP contribution in [0.4, 0.5) is 0 Å². The third-order valence-corrected chi connectivity index (χ3v) is 3.92. The Balaban J connectivity index is 1.51. The molecule has 3 aromatic rings. The van der Waals surface area contributed by atoms with Crippen molar-refractivity contribution in [2.24, 2.45) is 0 Å². The van der Waals surface area contributed by atoms with E-state index >= 15 is 0 Å². The number of hydrogen-bond acceptors (Lipinski definition) is 3. The highest BCUT2D eigenvalue weighted by Gasteiger charge is 2.06. The van der Waals surface area contributed by atoms with Crippen LogP contribution in [-0.4, -0.2) is 22.3 Å². The molecule has 0 aliphatic carbocycles. The fraction of sp³-hybridized carbons (Fsp3) is 0.158. The summed E-state index contributed by atoms with van der Waals surface area (Å²) in [5, 5.41) is 7.79. The summed E-state index contributed by atoms with van der Waals surface area (Å²) in [5.74, 6) is 0.538. The third-order valence-electron chi connectivity index (χ3n) is 3.67. The normalized spacial score (nSPS) is 10.5. The van der Waals surface area contributed by atoms with Gasteiger partial charge in [0.2, 0.25) is 0 Å². The number of hydrogen-bond donors (Lipinski definition) is 1. The van der Waals surface area contributed by atoms with E-state index in [9.17, 15) is 4.79 Å². The van der Waals surface area contributed by atoms with Crippen LogP contribution in [0.25, 0.3) is 5.69 Å². The Morgan fingerprint density at radius 3 is 2.72 bits per heavy atom. The molecule has 128 valence electrons. The van der Waals surface area contributed by atoms with Crippen molar-refractivity contribution in [3.63, 3.8) is 0 Å². The molecule has 0 aliphatic heterocycles. The van der Waals surface area contributed by atoms with Gasteiger partial charge >= 0.3 is 0 Å². The molecule has 25 heavy (non-hydrogen) atoms. The average molecular weight is 356 g/mol. The number of nitrogens with zero attached hydrogens (tertiary/aromatic N) is 2. The van der Waals surface area contributed by atoms with Gasteiger partial charge in [-0.25, -0.2) is 4.68 Å². The average Bonchev–Trinajstić information content (AvgIpc) is 3.09. The fourth-order valence-electron chi connectivity index (χ4n) is 2.30. The van der Waals surface area contributed by atoms with Crippen molar-refractivity contribution >= 4 is 17.5 Å². The Labute approximate surface area is 151 Å². The van der Waals surface area contributed by atoms with Gasteiger partial charge in [0.1, 0.15) is 5.75 Å². The van der Waals surface area contributed by atoms with Crippen LogP contribution in [0.3, 0.4) is 0 Å². The molecule has 5 nitrogen and oxygen atoms in total. The molecule has 2 aromatic carbocycles. The molecule has 0 fully saturated rings. The second-order valence-electron chi connectivity index (χ2n) is 5.60. The van der Waals surface area contributed by atoms with Crippen LogP contribution in [0.5, 0.6) is 5.75 Å². The van der Waals surface area contributed by atoms with E-state index in [2.05, 4.69) is 10.4 Å². The van der Waals surface area contributed by atoms with Gasteiger partial charge in [0.25, 0.3) is 5.91 Å². The van der Waals surface area contributed by atoms with E-state index in [0.717, 1.165) is 16.8 Å². The molecule has 0 spiro atoms. The second-order valence-corrected chi connectivity index (χ2v) is 6.04. The van der Waals surface area contributed by atoms with Gasteiger partial charge in [-0.05, 0) is 42.8 Å². The lowest BCUT2D eigenvalue weighted by molar-refractivity contribution is -0.123. The number of benzene rings is 2. The molecule has 0 unspecified atom stereocenters. The zero-order chi connectivity index (χ0) is 17.6. The minimum absolute atomic E-state index is 0.0177. The van der Waals surface area contributed by atoms with E-state index in [-0.39, 0.29) is 12.5 Å². The Kier molecular flexibility index (Phi) is 5.36. The third kappa shape index (κ3) is 4.61. The number of amides is 1. The van der Waals surface area contributed by atoms with E-state index in [1.54, 1.807) is 10.9 Å². The van der Waals surface area contributed by atoms with E-state index in [4.69, 9.17) is 16.3 Å². The number of nitrogens with one attached hydrogen (secondary N) is 1. The van der Waals surface area contributed by atoms with Crippen LogP contribution in [0.15, 0.2) is 60.9 Å². The first kappa shape index (κ1) is 17.0. The van der Waals surface area contributed by atoms with Crippen LogP contribution < -0.4 is 10.1 Å². The number of carbonyl (C=O) groups excluding carboxylic acids is 1. The van der Waals surface area contributed by atoms with Gasteiger partial charge in [-0.3, -0.25) is 4.79 Å². The van der Waals surface area contributed by atoms with Crippen LogP contribution in [0, 0.1) is 6.92 Å². The molecule has 1 heterocycles. The van der Waals surface area contributed by atoms with Crippen molar-refractivity contribution in [1.29, 1.82) is 0 Å². The quantitative estimate of drug-likeness (QED) is 0.736. The van der Waals surface area contributed by atoms with Gasteiger partial charge in [0.15, 0.2) is 6.61 Å². The maximum atomic E-state index is 11.9. The number of aryl methyl sites for hydroxylation is 1. The first-order valence-electron chi connectivity index (χ1n) is 7.86. The minimum atomic E-state index is -0.178. The molecule has 0 radical (unpaired) electrons. The standard InChI is InChI=1S/C19H18ClN3O2/c1-14-4-2-3-5-18(14)25-13-19(24)21-10-15-11-22-23(12-15)17-8-6-16(20)7-9-17/h2-9,11-12H,10,13H2,1H3,(H,21,24). The lowest BCUT2D eigenvalue weighted by Gasteiger charge is -2.08. The second kappa shape index (κ2) is 7.85. The van der Waals surface area contributed by atoms with Gasteiger partial charge in [-0.2, -0.15) is 5.10 Å². The van der Waals surface area contributed by atoms with Crippen molar-refractivity contribution in [3.8, 4) is 11.4 Å². The predicted molar refractivity (Wildman–Crippen MR) is 97.1 cm³/mol. The number of rotatable bonds is 6. The Morgan fingerprint density at radius 2 is 1.96 bits per heavy atom. The van der Waals surface area contributed by atoms with Gasteiger partial charge in [0.05, 0.1) is 11.9 Å². The van der Waals surface area contributed by atoms with Crippen LogP contribution >= 0.6 is 11.6 Å². The summed E-state index contributed by atoms with van der Waals surface area (Å²) < 4.78 is 7.27. The molecular formula is C19H18ClN3O2. The molecular weight excluding hydrogens is 338 g/mol. The molecule has 1 aromatic heterocycles. The maximum absolute atomic E-state index is 11.9. The molecule has 3 rings (SSSR count). The van der Waals surface area contributed by atoms with Gasteiger partial charge in [0, 0.05) is 23.3 Å². The van der Waals surface area contributed by atoms with Crippen molar-refractivity contribution in [3.05, 3.63) is 77.1 Å². The molecule has 0 atom stereocenters. The molecule has 0 bridgehead atoms. The number of ether oxygens (including phenoxy) is 1. The van der Waals surface area contributed by atoms with Crippen LogP contribution in [-0.2, 0) is 11.3 Å². The minimum Gasteiger partial charge on any atom is -0.484 e. The van der Waals surface area contributed by atoms with E-state index in [1.165, 1.54) is 0 Å². The Hall–Kier alpha value is -2.79. The molecule has 0 aliphatic rings. The number of aromatic nitrogens is 2.